The molecule has 2 fully saturated rings. The molecule has 0 bridgehead atoms. The summed E-state index contributed by atoms with van der Waals surface area (Å²) >= 11 is 0. The van der Waals surface area contributed by atoms with Gasteiger partial charge in [-0.15, -0.1) is 0 Å². The van der Waals surface area contributed by atoms with Crippen LogP contribution in [0.3, 0.4) is 0 Å². The van der Waals surface area contributed by atoms with E-state index in [-0.39, 0.29) is 5.41 Å². The predicted octanol–water partition coefficient (Wildman–Crippen LogP) is 5.55. The average molecular weight is 280 g/mol. The lowest BCUT2D eigenvalue weighted by Gasteiger charge is -2.48. The van der Waals surface area contributed by atoms with Crippen LogP contribution in [-0.2, 0) is 5.41 Å². The summed E-state index contributed by atoms with van der Waals surface area (Å²) in [5.74, 6) is 1.34. The van der Waals surface area contributed by atoms with E-state index in [1.54, 1.807) is 0 Å². The van der Waals surface area contributed by atoms with Crippen molar-refractivity contribution in [1.29, 1.82) is 0 Å². The van der Waals surface area contributed by atoms with Gasteiger partial charge in [-0.2, -0.15) is 0 Å². The Morgan fingerprint density at radius 3 is 2.33 bits per heavy atom. The number of hydrogen-bond donors (Lipinski definition) is 1. The molecule has 21 heavy (non-hydrogen) atoms. The third-order valence-corrected chi connectivity index (χ3v) is 6.07. The summed E-state index contributed by atoms with van der Waals surface area (Å²) in [4.78, 5) is 0. The van der Waals surface area contributed by atoms with Gasteiger partial charge in [-0.05, 0) is 37.0 Å². The van der Waals surface area contributed by atoms with E-state index in [1.165, 1.54) is 56.9 Å². The quantitative estimate of drug-likeness (QED) is 0.726. The highest BCUT2D eigenvalue weighted by Gasteiger charge is 2.44. The maximum absolute atomic E-state index is 10.9. The molecular weight excluding hydrogens is 256 g/mol. The largest absolute Gasteiger partial charge is 0.507 e. The lowest BCUT2D eigenvalue weighted by Crippen LogP contribution is -2.40. The van der Waals surface area contributed by atoms with Gasteiger partial charge < -0.3 is 5.11 Å². The Balaban J connectivity index is 1.89. The maximum atomic E-state index is 10.9. The summed E-state index contributed by atoms with van der Waals surface area (Å²) in [6, 6.07) is 12.7. The molecule has 0 spiro atoms. The topological polar surface area (TPSA) is 20.2 Å². The van der Waals surface area contributed by atoms with Gasteiger partial charge in [-0.1, -0.05) is 62.1 Å². The normalized spacial score (nSPS) is 29.2. The Morgan fingerprint density at radius 2 is 1.57 bits per heavy atom. The van der Waals surface area contributed by atoms with Crippen LogP contribution in [0.5, 0.6) is 5.75 Å². The molecule has 1 heteroatoms. The molecule has 2 aromatic carbocycles. The Kier molecular flexibility index (Phi) is 3.17. The van der Waals surface area contributed by atoms with E-state index in [0.29, 0.717) is 5.75 Å². The first-order chi connectivity index (χ1) is 10.3. The third-order valence-electron chi connectivity index (χ3n) is 6.07. The van der Waals surface area contributed by atoms with Crippen LogP contribution >= 0.6 is 0 Å². The molecule has 2 aromatic rings. The van der Waals surface area contributed by atoms with Crippen LogP contribution in [0.15, 0.2) is 36.4 Å². The molecule has 0 aromatic heterocycles. The summed E-state index contributed by atoms with van der Waals surface area (Å²) in [5.41, 5.74) is 1.50. The molecule has 0 radical (unpaired) electrons. The number of benzene rings is 2. The molecule has 0 unspecified atom stereocenters. The zero-order valence-electron chi connectivity index (χ0n) is 12.6. The fraction of sp³-hybridized carbons (Fsp3) is 0.500. The van der Waals surface area contributed by atoms with E-state index < -0.39 is 0 Å². The van der Waals surface area contributed by atoms with Crippen LogP contribution in [0.25, 0.3) is 10.8 Å². The van der Waals surface area contributed by atoms with Crippen LogP contribution in [-0.4, -0.2) is 5.11 Å². The van der Waals surface area contributed by atoms with Crippen LogP contribution in [0.1, 0.15) is 56.9 Å². The van der Waals surface area contributed by atoms with Crippen molar-refractivity contribution in [3.63, 3.8) is 0 Å². The molecule has 110 valence electrons. The first-order valence-electron chi connectivity index (χ1n) is 8.52. The number of rotatable bonds is 1. The van der Waals surface area contributed by atoms with E-state index in [4.69, 9.17) is 0 Å². The second kappa shape index (κ2) is 5.05. The zero-order valence-corrected chi connectivity index (χ0v) is 12.6. The fourth-order valence-corrected chi connectivity index (χ4v) is 5.04. The van der Waals surface area contributed by atoms with Crippen molar-refractivity contribution in [3.8, 4) is 5.75 Å². The summed E-state index contributed by atoms with van der Waals surface area (Å²) < 4.78 is 0. The molecule has 2 aliphatic carbocycles. The number of phenols is 1. The van der Waals surface area contributed by atoms with Gasteiger partial charge in [-0.3, -0.25) is 0 Å². The molecule has 2 saturated carbocycles. The monoisotopic (exact) mass is 280 g/mol. The predicted molar refractivity (Wildman–Crippen MR) is 87.7 cm³/mol. The highest BCUT2D eigenvalue weighted by molar-refractivity contribution is 5.89. The van der Waals surface area contributed by atoms with Gasteiger partial charge in [-0.25, -0.2) is 0 Å². The van der Waals surface area contributed by atoms with Gasteiger partial charge in [0.05, 0.1) is 0 Å². The molecule has 0 atom stereocenters. The lowest BCUT2D eigenvalue weighted by atomic mass is 9.56. The highest BCUT2D eigenvalue weighted by Crippen LogP contribution is 2.54. The number of hydrogen-bond acceptors (Lipinski definition) is 1. The molecule has 4 rings (SSSR count). The van der Waals surface area contributed by atoms with Gasteiger partial charge in [0.1, 0.15) is 5.75 Å². The summed E-state index contributed by atoms with van der Waals surface area (Å²) in [5, 5.41) is 13.1. The third kappa shape index (κ3) is 1.97. The number of fused-ring (bicyclic) bond motifs is 2. The van der Waals surface area contributed by atoms with Crippen molar-refractivity contribution in [3.05, 3.63) is 42.0 Å². The van der Waals surface area contributed by atoms with E-state index in [2.05, 4.69) is 24.3 Å². The molecule has 0 heterocycles. The van der Waals surface area contributed by atoms with Crippen LogP contribution in [0.4, 0.5) is 0 Å². The maximum Gasteiger partial charge on any atom is 0.127 e. The van der Waals surface area contributed by atoms with Gasteiger partial charge in [0.15, 0.2) is 0 Å². The number of phenolic OH excluding ortho intramolecular Hbond substituents is 1. The minimum Gasteiger partial charge on any atom is -0.507 e. The van der Waals surface area contributed by atoms with Gasteiger partial charge in [0, 0.05) is 16.4 Å². The van der Waals surface area contributed by atoms with Crippen molar-refractivity contribution in [1.82, 2.24) is 0 Å². The standard InChI is InChI=1S/C20H24O/c21-19-17-10-2-1-7-15(17)11-12-18(19)20-13-5-3-8-16(20)9-4-6-14-20/h1-2,7,10-12,16,21H,3-6,8-9,13-14H2. The Morgan fingerprint density at radius 1 is 0.857 bits per heavy atom. The summed E-state index contributed by atoms with van der Waals surface area (Å²) in [6.45, 7) is 0. The van der Waals surface area contributed by atoms with Crippen LogP contribution in [0, 0.1) is 5.92 Å². The molecule has 0 aliphatic heterocycles. The van der Waals surface area contributed by atoms with Crippen molar-refractivity contribution in [2.24, 2.45) is 5.92 Å². The van der Waals surface area contributed by atoms with E-state index in [0.717, 1.165) is 16.7 Å². The Hall–Kier alpha value is -1.50. The van der Waals surface area contributed by atoms with Crippen molar-refractivity contribution in [2.75, 3.05) is 0 Å². The van der Waals surface area contributed by atoms with E-state index in [9.17, 15) is 5.11 Å². The summed E-state index contributed by atoms with van der Waals surface area (Å²) in [6.07, 6.45) is 10.6. The van der Waals surface area contributed by atoms with Crippen molar-refractivity contribution < 1.29 is 5.11 Å². The second-order valence-corrected chi connectivity index (χ2v) is 7.03. The van der Waals surface area contributed by atoms with Gasteiger partial charge in [0.25, 0.3) is 0 Å². The zero-order chi connectivity index (χ0) is 14.3. The van der Waals surface area contributed by atoms with Crippen molar-refractivity contribution in [2.45, 2.75) is 56.8 Å². The Labute approximate surface area is 127 Å². The van der Waals surface area contributed by atoms with Gasteiger partial charge in [0.2, 0.25) is 0 Å². The molecule has 1 nitrogen and oxygen atoms in total. The minimum absolute atomic E-state index is 0.255. The molecule has 1 N–H and O–H groups in total. The first-order valence-corrected chi connectivity index (χ1v) is 8.52. The second-order valence-electron chi connectivity index (χ2n) is 7.03. The number of aromatic hydroxyl groups is 1. The van der Waals surface area contributed by atoms with E-state index >= 15 is 0 Å². The first kappa shape index (κ1) is 13.2. The van der Waals surface area contributed by atoms with Crippen molar-refractivity contribution >= 4 is 10.8 Å². The smallest absolute Gasteiger partial charge is 0.127 e. The van der Waals surface area contributed by atoms with Crippen LogP contribution in [0.2, 0.25) is 0 Å². The Bertz CT molecular complexity index is 646. The molecular formula is C20H24O. The molecule has 0 amide bonds. The molecule has 2 aliphatic rings. The SMILES string of the molecule is Oc1c(C23CCCCC2CCCC3)ccc2ccccc12. The average Bonchev–Trinajstić information content (AvgIpc) is 2.55. The van der Waals surface area contributed by atoms with Crippen LogP contribution < -0.4 is 0 Å². The highest BCUT2D eigenvalue weighted by atomic mass is 16.3. The molecule has 0 saturated heterocycles. The summed E-state index contributed by atoms with van der Waals surface area (Å²) in [7, 11) is 0. The minimum atomic E-state index is 0.255. The fourth-order valence-electron chi connectivity index (χ4n) is 5.04. The van der Waals surface area contributed by atoms with E-state index in [1.807, 2.05) is 12.1 Å². The van der Waals surface area contributed by atoms with Gasteiger partial charge >= 0.3 is 0 Å². The lowest BCUT2D eigenvalue weighted by molar-refractivity contribution is 0.121.